The molecule has 0 saturated heterocycles. The number of ether oxygens (including phenoxy) is 1. The van der Waals surface area contributed by atoms with Gasteiger partial charge in [-0.15, -0.1) is 0 Å². The molecular formula is C13H20BrNO2. The van der Waals surface area contributed by atoms with Gasteiger partial charge in [0.15, 0.2) is 0 Å². The fourth-order valence-corrected chi connectivity index (χ4v) is 2.33. The Balaban J connectivity index is 2.82. The smallest absolute Gasteiger partial charge is 0.133 e. The summed E-state index contributed by atoms with van der Waals surface area (Å²) in [6, 6.07) is 5.98. The Labute approximate surface area is 111 Å². The first-order chi connectivity index (χ1) is 7.95. The summed E-state index contributed by atoms with van der Waals surface area (Å²) in [5.74, 6) is 0.769. The highest BCUT2D eigenvalue weighted by Crippen LogP contribution is 2.29. The van der Waals surface area contributed by atoms with E-state index in [-0.39, 0.29) is 6.04 Å². The van der Waals surface area contributed by atoms with E-state index in [0.29, 0.717) is 6.04 Å². The molecule has 1 aromatic carbocycles. The number of nitrogens with one attached hydrogen (secondary N) is 1. The highest BCUT2D eigenvalue weighted by atomic mass is 79.9. The van der Waals surface area contributed by atoms with E-state index in [0.717, 1.165) is 15.8 Å². The Bertz CT molecular complexity index is 368. The molecular weight excluding hydrogens is 282 g/mol. The number of methoxy groups -OCH3 is 1. The van der Waals surface area contributed by atoms with Gasteiger partial charge in [-0.1, -0.05) is 19.9 Å². The van der Waals surface area contributed by atoms with E-state index in [2.05, 4.69) is 35.1 Å². The molecule has 2 N–H and O–H groups in total. The topological polar surface area (TPSA) is 41.5 Å². The maximum atomic E-state index is 10.2. The summed E-state index contributed by atoms with van der Waals surface area (Å²) in [6.07, 6.45) is -0.528. The lowest BCUT2D eigenvalue weighted by molar-refractivity contribution is 0.131. The first-order valence-corrected chi connectivity index (χ1v) is 6.52. The van der Waals surface area contributed by atoms with Crippen LogP contribution in [0.3, 0.4) is 0 Å². The average molecular weight is 302 g/mol. The molecule has 0 bridgehead atoms. The predicted octanol–water partition coefficient (Wildman–Crippen LogP) is 2.88. The van der Waals surface area contributed by atoms with E-state index in [1.165, 1.54) is 0 Å². The standard InChI is InChI=1S/C13H20BrNO2/c1-8(2)15-9(3)13(16)10-5-6-12(17-4)11(14)7-10/h5-9,13,15-16H,1-4H3. The summed E-state index contributed by atoms with van der Waals surface area (Å²) in [7, 11) is 1.62. The SMILES string of the molecule is COc1ccc(C(O)C(C)NC(C)C)cc1Br. The van der Waals surface area contributed by atoms with Crippen LogP contribution in [-0.4, -0.2) is 24.3 Å². The van der Waals surface area contributed by atoms with Crippen LogP contribution in [0.15, 0.2) is 22.7 Å². The molecule has 0 saturated carbocycles. The normalized spacial score (nSPS) is 14.8. The van der Waals surface area contributed by atoms with Gasteiger partial charge in [0.05, 0.1) is 17.7 Å². The molecule has 0 aliphatic heterocycles. The molecule has 0 aliphatic carbocycles. The third-order valence-electron chi connectivity index (χ3n) is 2.59. The third-order valence-corrected chi connectivity index (χ3v) is 3.21. The van der Waals surface area contributed by atoms with E-state index >= 15 is 0 Å². The lowest BCUT2D eigenvalue weighted by atomic mass is 10.0. The van der Waals surface area contributed by atoms with Crippen LogP contribution >= 0.6 is 15.9 Å². The van der Waals surface area contributed by atoms with Crippen LogP contribution in [0.25, 0.3) is 0 Å². The summed E-state index contributed by atoms with van der Waals surface area (Å²) < 4.78 is 6.02. The van der Waals surface area contributed by atoms with Crippen molar-refractivity contribution < 1.29 is 9.84 Å². The van der Waals surface area contributed by atoms with Crippen LogP contribution in [0, 0.1) is 0 Å². The summed E-state index contributed by atoms with van der Waals surface area (Å²) in [5.41, 5.74) is 0.873. The van der Waals surface area contributed by atoms with Crippen molar-refractivity contribution >= 4 is 15.9 Å². The van der Waals surface area contributed by atoms with Gasteiger partial charge in [-0.2, -0.15) is 0 Å². The van der Waals surface area contributed by atoms with Crippen molar-refractivity contribution in [3.05, 3.63) is 28.2 Å². The van der Waals surface area contributed by atoms with E-state index in [1.807, 2.05) is 25.1 Å². The molecule has 17 heavy (non-hydrogen) atoms. The monoisotopic (exact) mass is 301 g/mol. The molecule has 0 fully saturated rings. The second kappa shape index (κ2) is 6.38. The molecule has 2 unspecified atom stereocenters. The quantitative estimate of drug-likeness (QED) is 0.879. The van der Waals surface area contributed by atoms with Crippen LogP contribution in [-0.2, 0) is 0 Å². The largest absolute Gasteiger partial charge is 0.496 e. The minimum atomic E-state index is -0.528. The Morgan fingerprint density at radius 1 is 1.29 bits per heavy atom. The van der Waals surface area contributed by atoms with Gasteiger partial charge in [-0.05, 0) is 40.5 Å². The fourth-order valence-electron chi connectivity index (χ4n) is 1.77. The van der Waals surface area contributed by atoms with Crippen molar-refractivity contribution in [3.8, 4) is 5.75 Å². The molecule has 0 amide bonds. The van der Waals surface area contributed by atoms with Gasteiger partial charge in [0.2, 0.25) is 0 Å². The first kappa shape index (κ1) is 14.5. The fraction of sp³-hybridized carbons (Fsp3) is 0.538. The van der Waals surface area contributed by atoms with Crippen LogP contribution in [0.1, 0.15) is 32.4 Å². The molecule has 0 radical (unpaired) electrons. The molecule has 3 nitrogen and oxygen atoms in total. The van der Waals surface area contributed by atoms with Crippen molar-refractivity contribution in [1.29, 1.82) is 0 Å². The molecule has 1 aromatic rings. The zero-order valence-corrected chi connectivity index (χ0v) is 12.3. The highest BCUT2D eigenvalue weighted by Gasteiger charge is 2.17. The molecule has 2 atom stereocenters. The van der Waals surface area contributed by atoms with Crippen molar-refractivity contribution in [3.63, 3.8) is 0 Å². The van der Waals surface area contributed by atoms with E-state index < -0.39 is 6.10 Å². The van der Waals surface area contributed by atoms with Gasteiger partial charge >= 0.3 is 0 Å². The number of aliphatic hydroxyl groups excluding tert-OH is 1. The van der Waals surface area contributed by atoms with Crippen LogP contribution in [0.4, 0.5) is 0 Å². The molecule has 0 aromatic heterocycles. The number of benzene rings is 1. The van der Waals surface area contributed by atoms with Crippen molar-refractivity contribution in [2.45, 2.75) is 39.0 Å². The van der Waals surface area contributed by atoms with Gasteiger partial charge in [-0.25, -0.2) is 0 Å². The maximum Gasteiger partial charge on any atom is 0.133 e. The second-order valence-electron chi connectivity index (χ2n) is 4.45. The predicted molar refractivity (Wildman–Crippen MR) is 73.4 cm³/mol. The summed E-state index contributed by atoms with van der Waals surface area (Å²) in [4.78, 5) is 0. The number of aliphatic hydroxyl groups is 1. The lowest BCUT2D eigenvalue weighted by Crippen LogP contribution is -2.36. The third kappa shape index (κ3) is 3.98. The lowest BCUT2D eigenvalue weighted by Gasteiger charge is -2.23. The minimum Gasteiger partial charge on any atom is -0.496 e. The Kier molecular flexibility index (Phi) is 5.43. The molecule has 4 heteroatoms. The maximum absolute atomic E-state index is 10.2. The van der Waals surface area contributed by atoms with Crippen molar-refractivity contribution in [2.24, 2.45) is 0 Å². The molecule has 0 heterocycles. The highest BCUT2D eigenvalue weighted by molar-refractivity contribution is 9.10. The molecule has 1 rings (SSSR count). The van der Waals surface area contributed by atoms with Gasteiger partial charge < -0.3 is 15.2 Å². The Morgan fingerprint density at radius 3 is 2.41 bits per heavy atom. The summed E-state index contributed by atoms with van der Waals surface area (Å²) >= 11 is 3.42. The summed E-state index contributed by atoms with van der Waals surface area (Å²) in [5, 5.41) is 13.5. The number of halogens is 1. The van der Waals surface area contributed by atoms with Gasteiger partial charge in [0, 0.05) is 12.1 Å². The van der Waals surface area contributed by atoms with E-state index in [4.69, 9.17) is 4.74 Å². The van der Waals surface area contributed by atoms with Gasteiger partial charge in [0.1, 0.15) is 5.75 Å². The number of rotatable bonds is 5. The first-order valence-electron chi connectivity index (χ1n) is 5.73. The molecule has 0 spiro atoms. The van der Waals surface area contributed by atoms with Crippen LogP contribution < -0.4 is 10.1 Å². The Hall–Kier alpha value is -0.580. The van der Waals surface area contributed by atoms with Crippen LogP contribution in [0.5, 0.6) is 5.75 Å². The van der Waals surface area contributed by atoms with E-state index in [1.54, 1.807) is 7.11 Å². The average Bonchev–Trinajstić information content (AvgIpc) is 2.27. The molecule has 96 valence electrons. The van der Waals surface area contributed by atoms with Gasteiger partial charge in [0.25, 0.3) is 0 Å². The zero-order chi connectivity index (χ0) is 13.0. The Morgan fingerprint density at radius 2 is 1.94 bits per heavy atom. The second-order valence-corrected chi connectivity index (χ2v) is 5.30. The van der Waals surface area contributed by atoms with Crippen molar-refractivity contribution in [1.82, 2.24) is 5.32 Å². The number of hydrogen-bond acceptors (Lipinski definition) is 3. The minimum absolute atomic E-state index is 0.00953. The summed E-state index contributed by atoms with van der Waals surface area (Å²) in [6.45, 7) is 6.10. The molecule has 0 aliphatic rings. The van der Waals surface area contributed by atoms with E-state index in [9.17, 15) is 5.11 Å². The van der Waals surface area contributed by atoms with Crippen molar-refractivity contribution in [2.75, 3.05) is 7.11 Å². The zero-order valence-electron chi connectivity index (χ0n) is 10.7. The number of hydrogen-bond donors (Lipinski definition) is 2. The van der Waals surface area contributed by atoms with Gasteiger partial charge in [-0.3, -0.25) is 0 Å². The van der Waals surface area contributed by atoms with Crippen LogP contribution in [0.2, 0.25) is 0 Å².